The molecule has 0 bridgehead atoms. The van der Waals surface area contributed by atoms with Gasteiger partial charge < -0.3 is 5.73 Å². The van der Waals surface area contributed by atoms with Gasteiger partial charge in [0.05, 0.1) is 16.8 Å². The van der Waals surface area contributed by atoms with Gasteiger partial charge in [0.2, 0.25) is 0 Å². The van der Waals surface area contributed by atoms with Gasteiger partial charge in [-0.05, 0) is 24.1 Å². The number of hydrogen-bond donors (Lipinski definition) is 1. The molecule has 0 spiro atoms. The summed E-state index contributed by atoms with van der Waals surface area (Å²) in [5, 5.41) is 0. The summed E-state index contributed by atoms with van der Waals surface area (Å²) >= 11 is 1.59. The Morgan fingerprint density at radius 2 is 2.29 bits per heavy atom. The Hall–Kier alpha value is -1.42. The topological polar surface area (TPSA) is 43.8 Å². The lowest BCUT2D eigenvalue weighted by molar-refractivity contribution is 1.25. The van der Waals surface area contributed by atoms with Crippen molar-refractivity contribution in [3.63, 3.8) is 0 Å². The number of aromatic nitrogens is 2. The first kappa shape index (κ1) is 9.15. The highest BCUT2D eigenvalue weighted by Crippen LogP contribution is 2.18. The van der Waals surface area contributed by atoms with Crippen LogP contribution in [0, 0.1) is 0 Å². The van der Waals surface area contributed by atoms with Crippen molar-refractivity contribution < 1.29 is 0 Å². The molecule has 3 nitrogen and oxygen atoms in total. The van der Waals surface area contributed by atoms with Crippen molar-refractivity contribution in [2.45, 2.75) is 0 Å². The number of benzene rings is 1. The minimum Gasteiger partial charge on any atom is -0.402 e. The molecular weight excluding hydrogens is 194 g/mol. The number of nitrogens with two attached hydrogens (primary N) is 1. The summed E-state index contributed by atoms with van der Waals surface area (Å²) in [6.07, 6.45) is 1.80. The van der Waals surface area contributed by atoms with E-state index < -0.39 is 0 Å². The quantitative estimate of drug-likeness (QED) is 0.833. The molecular formula is C10H11N3S. The maximum atomic E-state index is 5.50. The van der Waals surface area contributed by atoms with Gasteiger partial charge in [0.25, 0.3) is 0 Å². The molecule has 0 radical (unpaired) electrons. The minimum absolute atomic E-state index is 0.674. The molecule has 0 saturated carbocycles. The van der Waals surface area contributed by atoms with Crippen molar-refractivity contribution in [1.82, 2.24) is 8.96 Å². The fourth-order valence-electron chi connectivity index (χ4n) is 1.19. The molecule has 0 fully saturated rings. The van der Waals surface area contributed by atoms with E-state index in [9.17, 15) is 0 Å². The number of nitrogens with zero attached hydrogens (tertiary/aromatic N) is 2. The fraction of sp³-hybridized carbons (Fsp3) is 0.100. The zero-order valence-electron chi connectivity index (χ0n) is 7.68. The van der Waals surface area contributed by atoms with Crippen LogP contribution in [-0.2, 0) is 0 Å². The molecule has 0 aliphatic rings. The lowest BCUT2D eigenvalue weighted by Crippen LogP contribution is -1.99. The second-order valence-corrected chi connectivity index (χ2v) is 3.93. The summed E-state index contributed by atoms with van der Waals surface area (Å²) in [4.78, 5) is 4.27. The molecule has 2 rings (SSSR count). The van der Waals surface area contributed by atoms with Gasteiger partial charge in [-0.2, -0.15) is 0 Å². The summed E-state index contributed by atoms with van der Waals surface area (Å²) < 4.78 is 2.01. The summed E-state index contributed by atoms with van der Waals surface area (Å²) in [6, 6.07) is 8.00. The summed E-state index contributed by atoms with van der Waals surface area (Å²) in [6.45, 7) is 3.66. The first-order valence-electron chi connectivity index (χ1n) is 4.26. The Morgan fingerprint density at radius 3 is 3.07 bits per heavy atom. The van der Waals surface area contributed by atoms with Gasteiger partial charge >= 0.3 is 0 Å². The molecule has 14 heavy (non-hydrogen) atoms. The van der Waals surface area contributed by atoms with Crippen LogP contribution in [-0.4, -0.2) is 14.7 Å². The van der Waals surface area contributed by atoms with Crippen LogP contribution in [0.5, 0.6) is 0 Å². The molecule has 0 saturated heterocycles. The molecule has 0 aliphatic carbocycles. The van der Waals surface area contributed by atoms with Gasteiger partial charge in [-0.1, -0.05) is 18.7 Å². The van der Waals surface area contributed by atoms with Gasteiger partial charge in [0.1, 0.15) is 6.33 Å². The van der Waals surface area contributed by atoms with E-state index in [1.54, 1.807) is 18.3 Å². The van der Waals surface area contributed by atoms with E-state index in [1.807, 2.05) is 28.2 Å². The highest BCUT2D eigenvalue weighted by Gasteiger charge is 2.01. The summed E-state index contributed by atoms with van der Waals surface area (Å²) in [5.74, 6) is 0.709. The van der Waals surface area contributed by atoms with E-state index in [-0.39, 0.29) is 0 Å². The van der Waals surface area contributed by atoms with Crippen molar-refractivity contribution in [3.05, 3.63) is 42.9 Å². The first-order chi connectivity index (χ1) is 6.77. The van der Waals surface area contributed by atoms with Gasteiger partial charge in [-0.15, -0.1) is 0 Å². The van der Waals surface area contributed by atoms with Gasteiger partial charge in [-0.25, -0.2) is 4.98 Å². The van der Waals surface area contributed by atoms with Crippen molar-refractivity contribution in [2.75, 3.05) is 5.75 Å². The predicted octanol–water partition coefficient (Wildman–Crippen LogP) is 2.00. The summed E-state index contributed by atoms with van der Waals surface area (Å²) in [5.41, 5.74) is 8.29. The third-order valence-electron chi connectivity index (χ3n) is 1.81. The Bertz CT molecular complexity index is 461. The number of hydrogen-bond acceptors (Lipinski definition) is 3. The molecule has 1 aromatic heterocycles. The second kappa shape index (κ2) is 3.75. The normalized spacial score (nSPS) is 10.6. The number of imidazole rings is 1. The first-order valence-corrected chi connectivity index (χ1v) is 5.20. The standard InChI is InChI=1S/C10H11N3S/c1-8(11)6-14-13-7-12-9-4-2-3-5-10(9)13/h2-5,7H,1,6,11H2. The van der Waals surface area contributed by atoms with Crippen LogP contribution in [0.4, 0.5) is 0 Å². The molecule has 0 atom stereocenters. The molecule has 4 heteroatoms. The summed E-state index contributed by atoms with van der Waals surface area (Å²) in [7, 11) is 0. The SMILES string of the molecule is C=C(N)CSn1cnc2ccccc21. The number of para-hydroxylation sites is 2. The van der Waals surface area contributed by atoms with Crippen LogP contribution < -0.4 is 5.73 Å². The zero-order chi connectivity index (χ0) is 9.97. The van der Waals surface area contributed by atoms with Crippen LogP contribution >= 0.6 is 11.9 Å². The molecule has 2 aromatic rings. The molecule has 0 aliphatic heterocycles. The number of fused-ring (bicyclic) bond motifs is 1. The average molecular weight is 205 g/mol. The Balaban J connectivity index is 2.29. The Morgan fingerprint density at radius 1 is 1.50 bits per heavy atom. The third-order valence-corrected chi connectivity index (χ3v) is 2.88. The highest BCUT2D eigenvalue weighted by molar-refractivity contribution is 7.98. The monoisotopic (exact) mass is 205 g/mol. The van der Waals surface area contributed by atoms with Crippen molar-refractivity contribution in [3.8, 4) is 0 Å². The lowest BCUT2D eigenvalue weighted by Gasteiger charge is -2.01. The molecule has 0 amide bonds. The molecule has 1 aromatic carbocycles. The zero-order valence-corrected chi connectivity index (χ0v) is 8.50. The van der Waals surface area contributed by atoms with Gasteiger partial charge in [-0.3, -0.25) is 3.97 Å². The highest BCUT2D eigenvalue weighted by atomic mass is 32.2. The van der Waals surface area contributed by atoms with Crippen LogP contribution in [0.3, 0.4) is 0 Å². The maximum absolute atomic E-state index is 5.50. The van der Waals surface area contributed by atoms with Crippen LogP contribution in [0.15, 0.2) is 42.9 Å². The van der Waals surface area contributed by atoms with Crippen LogP contribution in [0.2, 0.25) is 0 Å². The van der Waals surface area contributed by atoms with Gasteiger partial charge in [0.15, 0.2) is 0 Å². The predicted molar refractivity (Wildman–Crippen MR) is 60.9 cm³/mol. The van der Waals surface area contributed by atoms with Crippen LogP contribution in [0.25, 0.3) is 11.0 Å². The molecule has 72 valence electrons. The van der Waals surface area contributed by atoms with Gasteiger partial charge in [0, 0.05) is 5.70 Å². The molecule has 0 unspecified atom stereocenters. The van der Waals surface area contributed by atoms with Crippen molar-refractivity contribution in [1.29, 1.82) is 0 Å². The van der Waals surface area contributed by atoms with E-state index >= 15 is 0 Å². The minimum atomic E-state index is 0.674. The second-order valence-electron chi connectivity index (χ2n) is 2.99. The lowest BCUT2D eigenvalue weighted by atomic mass is 10.3. The van der Waals surface area contributed by atoms with E-state index in [0.717, 1.165) is 11.0 Å². The van der Waals surface area contributed by atoms with Crippen LogP contribution in [0.1, 0.15) is 0 Å². The van der Waals surface area contributed by atoms with E-state index in [0.29, 0.717) is 11.4 Å². The number of rotatable bonds is 3. The molecule has 2 N–H and O–H groups in total. The smallest absolute Gasteiger partial charge is 0.106 e. The Labute approximate surface area is 86.8 Å². The maximum Gasteiger partial charge on any atom is 0.106 e. The Kier molecular flexibility index (Phi) is 2.45. The largest absolute Gasteiger partial charge is 0.402 e. The van der Waals surface area contributed by atoms with Crippen molar-refractivity contribution >= 4 is 23.0 Å². The van der Waals surface area contributed by atoms with E-state index in [2.05, 4.69) is 11.6 Å². The average Bonchev–Trinajstić information content (AvgIpc) is 2.58. The van der Waals surface area contributed by atoms with E-state index in [1.165, 1.54) is 0 Å². The fourth-order valence-corrected chi connectivity index (χ4v) is 1.90. The third kappa shape index (κ3) is 1.75. The van der Waals surface area contributed by atoms with Crippen molar-refractivity contribution in [2.24, 2.45) is 5.73 Å². The molecule has 1 heterocycles. The van der Waals surface area contributed by atoms with E-state index in [4.69, 9.17) is 5.73 Å².